The summed E-state index contributed by atoms with van der Waals surface area (Å²) in [6.07, 6.45) is 3.79. The normalized spacial score (nSPS) is 17.9. The van der Waals surface area contributed by atoms with Crippen LogP contribution in [0.25, 0.3) is 0 Å². The minimum Gasteiger partial charge on any atom is -0.370 e. The molecular weight excluding hydrogens is 334 g/mol. The van der Waals surface area contributed by atoms with E-state index in [0.29, 0.717) is 19.1 Å². The number of likely N-dealkylation sites (tertiary alicyclic amines) is 1. The monoisotopic (exact) mass is 359 g/mol. The van der Waals surface area contributed by atoms with Crippen LogP contribution >= 0.6 is 11.3 Å². The van der Waals surface area contributed by atoms with Gasteiger partial charge in [-0.25, -0.2) is 4.98 Å². The van der Waals surface area contributed by atoms with Gasteiger partial charge in [0.15, 0.2) is 0 Å². The third-order valence-corrected chi connectivity index (χ3v) is 5.81. The Labute approximate surface area is 153 Å². The number of thiazole rings is 1. The lowest BCUT2D eigenvalue weighted by molar-refractivity contribution is -0.00774. The Balaban J connectivity index is 1.61. The molecule has 1 amide bonds. The van der Waals surface area contributed by atoms with Crippen LogP contribution in [0.4, 0.5) is 0 Å². The highest BCUT2D eigenvalue weighted by Crippen LogP contribution is 2.27. The number of aryl methyl sites for hydroxylation is 1. The van der Waals surface area contributed by atoms with Gasteiger partial charge in [0.05, 0.1) is 29.1 Å². The predicted octanol–water partition coefficient (Wildman–Crippen LogP) is 3.79. The first-order chi connectivity index (χ1) is 12.0. The van der Waals surface area contributed by atoms with Gasteiger partial charge < -0.3 is 9.64 Å². The molecule has 25 heavy (non-hydrogen) atoms. The summed E-state index contributed by atoms with van der Waals surface area (Å²) in [5.41, 5.74) is 1.76. The van der Waals surface area contributed by atoms with Gasteiger partial charge in [0.1, 0.15) is 4.88 Å². The van der Waals surface area contributed by atoms with E-state index in [2.05, 4.69) is 23.8 Å². The fourth-order valence-electron chi connectivity index (χ4n) is 2.95. The van der Waals surface area contributed by atoms with Crippen LogP contribution in [0.1, 0.15) is 58.7 Å². The molecule has 1 saturated heterocycles. The van der Waals surface area contributed by atoms with Crippen molar-refractivity contribution in [3.8, 4) is 0 Å². The lowest BCUT2D eigenvalue weighted by Gasteiger charge is -2.32. The number of rotatable bonds is 5. The maximum atomic E-state index is 12.9. The first kappa shape index (κ1) is 18.0. The molecule has 0 unspecified atom stereocenters. The number of hydrogen-bond acceptors (Lipinski definition) is 5. The summed E-state index contributed by atoms with van der Waals surface area (Å²) in [4.78, 5) is 24.4. The van der Waals surface area contributed by atoms with E-state index in [0.717, 1.165) is 40.7 Å². The van der Waals surface area contributed by atoms with E-state index in [1.165, 1.54) is 11.3 Å². The third kappa shape index (κ3) is 4.44. The van der Waals surface area contributed by atoms with Crippen molar-refractivity contribution in [1.82, 2.24) is 14.9 Å². The maximum Gasteiger partial charge on any atom is 0.265 e. The number of amides is 1. The van der Waals surface area contributed by atoms with Crippen LogP contribution < -0.4 is 0 Å². The number of pyridine rings is 1. The van der Waals surface area contributed by atoms with Gasteiger partial charge in [-0.15, -0.1) is 11.3 Å². The van der Waals surface area contributed by atoms with Gasteiger partial charge >= 0.3 is 0 Å². The molecule has 6 heteroatoms. The first-order valence-electron chi connectivity index (χ1n) is 8.82. The molecule has 0 radical (unpaired) electrons. The number of carbonyl (C=O) groups is 1. The molecule has 0 saturated carbocycles. The van der Waals surface area contributed by atoms with Gasteiger partial charge in [-0.05, 0) is 31.9 Å². The first-order valence-corrected chi connectivity index (χ1v) is 9.64. The quantitative estimate of drug-likeness (QED) is 0.815. The standard InChI is InChI=1S/C19H25N3O2S/c1-13(2)18-21-14(3)17(25-18)19(23)22-10-6-8-16(11-22)24-12-15-7-4-5-9-20-15/h4-5,7,9,13,16H,6,8,10-12H2,1-3H3/t16-/m0/s1. The fraction of sp³-hybridized carbons (Fsp3) is 0.526. The fourth-order valence-corrected chi connectivity index (χ4v) is 3.99. The minimum absolute atomic E-state index is 0.0671. The summed E-state index contributed by atoms with van der Waals surface area (Å²) in [6.45, 7) is 8.06. The highest BCUT2D eigenvalue weighted by Gasteiger charge is 2.28. The molecule has 1 fully saturated rings. The Bertz CT molecular complexity index is 715. The second kappa shape index (κ2) is 8.06. The van der Waals surface area contributed by atoms with Gasteiger partial charge in [0, 0.05) is 25.2 Å². The molecule has 1 aliphatic rings. The molecule has 5 nitrogen and oxygen atoms in total. The lowest BCUT2D eigenvalue weighted by Crippen LogP contribution is -2.43. The van der Waals surface area contributed by atoms with Gasteiger partial charge in [-0.2, -0.15) is 0 Å². The average Bonchev–Trinajstić information content (AvgIpc) is 3.02. The zero-order valence-electron chi connectivity index (χ0n) is 15.1. The molecule has 3 heterocycles. The summed E-state index contributed by atoms with van der Waals surface area (Å²) in [7, 11) is 0. The number of ether oxygens (including phenoxy) is 1. The van der Waals surface area contributed by atoms with Crippen molar-refractivity contribution in [1.29, 1.82) is 0 Å². The van der Waals surface area contributed by atoms with Gasteiger partial charge in [0.25, 0.3) is 5.91 Å². The zero-order valence-corrected chi connectivity index (χ0v) is 15.9. The van der Waals surface area contributed by atoms with Crippen molar-refractivity contribution in [2.45, 2.75) is 52.2 Å². The summed E-state index contributed by atoms with van der Waals surface area (Å²) in [5.74, 6) is 0.439. The summed E-state index contributed by atoms with van der Waals surface area (Å²) >= 11 is 1.53. The van der Waals surface area contributed by atoms with E-state index in [9.17, 15) is 4.79 Å². The van der Waals surface area contributed by atoms with Gasteiger partial charge in [-0.3, -0.25) is 9.78 Å². The van der Waals surface area contributed by atoms with E-state index in [1.54, 1.807) is 6.20 Å². The van der Waals surface area contributed by atoms with Crippen LogP contribution in [0.2, 0.25) is 0 Å². The highest BCUT2D eigenvalue weighted by atomic mass is 32.1. The van der Waals surface area contributed by atoms with E-state index >= 15 is 0 Å². The van der Waals surface area contributed by atoms with E-state index in [1.807, 2.05) is 30.0 Å². The third-order valence-electron chi connectivity index (χ3n) is 4.36. The average molecular weight is 359 g/mol. The Morgan fingerprint density at radius 3 is 2.96 bits per heavy atom. The highest BCUT2D eigenvalue weighted by molar-refractivity contribution is 7.13. The molecule has 134 valence electrons. The van der Waals surface area contributed by atoms with Crippen LogP contribution in [-0.2, 0) is 11.3 Å². The molecule has 0 bridgehead atoms. The molecule has 0 aliphatic carbocycles. The van der Waals surface area contributed by atoms with E-state index in [-0.39, 0.29) is 12.0 Å². The summed E-state index contributed by atoms with van der Waals surface area (Å²) in [5, 5.41) is 1.03. The molecule has 1 atom stereocenters. The van der Waals surface area contributed by atoms with Crippen molar-refractivity contribution in [2.24, 2.45) is 0 Å². The Morgan fingerprint density at radius 2 is 2.28 bits per heavy atom. The van der Waals surface area contributed by atoms with Crippen LogP contribution in [0.5, 0.6) is 0 Å². The predicted molar refractivity (Wildman–Crippen MR) is 98.9 cm³/mol. The maximum absolute atomic E-state index is 12.9. The van der Waals surface area contributed by atoms with Crippen molar-refractivity contribution in [3.05, 3.63) is 45.7 Å². The molecule has 1 aliphatic heterocycles. The largest absolute Gasteiger partial charge is 0.370 e. The summed E-state index contributed by atoms with van der Waals surface area (Å²) < 4.78 is 5.99. The van der Waals surface area contributed by atoms with Crippen LogP contribution in [0.15, 0.2) is 24.4 Å². The molecule has 2 aromatic rings. The molecule has 2 aromatic heterocycles. The SMILES string of the molecule is Cc1nc(C(C)C)sc1C(=O)N1CCC[C@H](OCc2ccccn2)C1. The van der Waals surface area contributed by atoms with Crippen LogP contribution in [0.3, 0.4) is 0 Å². The molecular formula is C19H25N3O2S. The number of piperidine rings is 1. The molecule has 0 N–H and O–H groups in total. The van der Waals surface area contributed by atoms with Crippen molar-refractivity contribution >= 4 is 17.2 Å². The summed E-state index contributed by atoms with van der Waals surface area (Å²) in [6, 6.07) is 5.81. The van der Waals surface area contributed by atoms with Gasteiger partial charge in [0.2, 0.25) is 0 Å². The Morgan fingerprint density at radius 1 is 1.44 bits per heavy atom. The number of hydrogen-bond donors (Lipinski definition) is 0. The topological polar surface area (TPSA) is 55.3 Å². The Hall–Kier alpha value is -1.79. The number of carbonyl (C=O) groups excluding carboxylic acids is 1. The molecule has 0 spiro atoms. The number of nitrogens with zero attached hydrogens (tertiary/aromatic N) is 3. The van der Waals surface area contributed by atoms with Crippen LogP contribution in [0, 0.1) is 6.92 Å². The zero-order chi connectivity index (χ0) is 17.8. The number of aromatic nitrogens is 2. The van der Waals surface area contributed by atoms with Crippen LogP contribution in [-0.4, -0.2) is 40.0 Å². The second-order valence-electron chi connectivity index (χ2n) is 6.77. The Kier molecular flexibility index (Phi) is 5.81. The lowest BCUT2D eigenvalue weighted by atomic mass is 10.1. The van der Waals surface area contributed by atoms with E-state index < -0.39 is 0 Å². The molecule has 0 aromatic carbocycles. The second-order valence-corrected chi connectivity index (χ2v) is 7.80. The molecule has 3 rings (SSSR count). The van der Waals surface area contributed by atoms with Crippen molar-refractivity contribution in [2.75, 3.05) is 13.1 Å². The smallest absolute Gasteiger partial charge is 0.265 e. The van der Waals surface area contributed by atoms with Gasteiger partial charge in [-0.1, -0.05) is 19.9 Å². The van der Waals surface area contributed by atoms with Crippen molar-refractivity contribution < 1.29 is 9.53 Å². The van der Waals surface area contributed by atoms with E-state index in [4.69, 9.17) is 4.74 Å². The van der Waals surface area contributed by atoms with Crippen molar-refractivity contribution in [3.63, 3.8) is 0 Å². The minimum atomic E-state index is 0.0671.